The number of H-pyrrole nitrogens is 1. The number of hydrogen-bond acceptors (Lipinski definition) is 5. The Labute approximate surface area is 117 Å². The fourth-order valence-corrected chi connectivity index (χ4v) is 2.62. The first kappa shape index (κ1) is 14.5. The Hall–Kier alpha value is -1.93. The Kier molecular flexibility index (Phi) is 4.05. The Morgan fingerprint density at radius 1 is 1.45 bits per heavy atom. The van der Waals surface area contributed by atoms with E-state index in [9.17, 15) is 19.1 Å². The van der Waals surface area contributed by atoms with Crippen molar-refractivity contribution < 1.29 is 9.50 Å². The van der Waals surface area contributed by atoms with Crippen LogP contribution in [0.1, 0.15) is 18.6 Å². The minimum absolute atomic E-state index is 0.126. The third-order valence-electron chi connectivity index (χ3n) is 2.59. The highest BCUT2D eigenvalue weighted by Crippen LogP contribution is 2.33. The van der Waals surface area contributed by atoms with Crippen LogP contribution in [0.3, 0.4) is 0 Å². The molecular formula is C12H12FN3O3S. The Morgan fingerprint density at radius 2 is 2.15 bits per heavy atom. The van der Waals surface area contributed by atoms with Crippen LogP contribution >= 0.6 is 11.8 Å². The molecule has 2 N–H and O–H groups in total. The lowest BCUT2D eigenvalue weighted by molar-refractivity contribution is 0.195. The maximum Gasteiger partial charge on any atom is 0.339 e. The topological polar surface area (TPSA) is 88.0 Å². The summed E-state index contributed by atoms with van der Waals surface area (Å²) in [5.41, 5.74) is -1.41. The third kappa shape index (κ3) is 2.81. The van der Waals surface area contributed by atoms with Crippen molar-refractivity contribution >= 4 is 11.8 Å². The quantitative estimate of drug-likeness (QED) is 0.819. The molecule has 0 saturated carbocycles. The summed E-state index contributed by atoms with van der Waals surface area (Å²) in [4.78, 5) is 26.1. The molecular weight excluding hydrogens is 285 g/mol. The smallest absolute Gasteiger partial charge is 0.339 e. The molecule has 106 valence electrons. The highest BCUT2D eigenvalue weighted by atomic mass is 32.2. The predicted molar refractivity (Wildman–Crippen MR) is 71.3 cm³/mol. The van der Waals surface area contributed by atoms with Gasteiger partial charge in [0.05, 0.1) is 11.0 Å². The monoisotopic (exact) mass is 297 g/mol. The summed E-state index contributed by atoms with van der Waals surface area (Å²) in [6.45, 7) is 1.51. The second kappa shape index (κ2) is 5.59. The number of aliphatic hydroxyl groups is 1. The molecule has 8 heteroatoms. The number of benzene rings is 1. The number of halogens is 1. The summed E-state index contributed by atoms with van der Waals surface area (Å²) in [6.07, 6.45) is -0.868. The van der Waals surface area contributed by atoms with Crippen molar-refractivity contribution in [1.29, 1.82) is 0 Å². The van der Waals surface area contributed by atoms with Crippen molar-refractivity contribution in [3.63, 3.8) is 0 Å². The van der Waals surface area contributed by atoms with Crippen LogP contribution in [0.2, 0.25) is 0 Å². The molecule has 6 nitrogen and oxygen atoms in total. The fourth-order valence-electron chi connectivity index (χ4n) is 1.61. The van der Waals surface area contributed by atoms with Gasteiger partial charge in [0.25, 0.3) is 0 Å². The fraction of sp³-hybridized carbons (Fsp3) is 0.250. The zero-order chi connectivity index (χ0) is 14.9. The molecule has 0 unspecified atom stereocenters. The van der Waals surface area contributed by atoms with Gasteiger partial charge in [0.1, 0.15) is 5.82 Å². The molecule has 2 rings (SSSR count). The van der Waals surface area contributed by atoms with Gasteiger partial charge in [0, 0.05) is 7.05 Å². The average Bonchev–Trinajstić information content (AvgIpc) is 2.37. The second-order valence-electron chi connectivity index (χ2n) is 4.14. The van der Waals surface area contributed by atoms with Gasteiger partial charge >= 0.3 is 11.1 Å². The van der Waals surface area contributed by atoms with Crippen molar-refractivity contribution in [3.05, 3.63) is 50.3 Å². The highest BCUT2D eigenvalue weighted by Gasteiger charge is 2.16. The van der Waals surface area contributed by atoms with Gasteiger partial charge in [-0.1, -0.05) is 12.1 Å². The molecule has 0 aliphatic heterocycles. The molecule has 0 fully saturated rings. The van der Waals surface area contributed by atoms with E-state index in [1.165, 1.54) is 30.8 Å². The number of hydrogen-bond donors (Lipinski definition) is 2. The lowest BCUT2D eigenvalue weighted by Gasteiger charge is -2.13. The lowest BCUT2D eigenvalue weighted by Crippen LogP contribution is -2.33. The van der Waals surface area contributed by atoms with Gasteiger partial charge in [0.15, 0.2) is 5.16 Å². The number of nitrogens with zero attached hydrogens (tertiary/aromatic N) is 2. The first-order valence-electron chi connectivity index (χ1n) is 5.72. The summed E-state index contributed by atoms with van der Waals surface area (Å²) in [5.74, 6) is -0.533. The van der Waals surface area contributed by atoms with E-state index in [4.69, 9.17) is 0 Å². The van der Waals surface area contributed by atoms with Gasteiger partial charge in [-0.15, -0.1) is 0 Å². The molecule has 1 atom stereocenters. The van der Waals surface area contributed by atoms with Crippen LogP contribution in [0.15, 0.2) is 37.8 Å². The average molecular weight is 297 g/mol. The van der Waals surface area contributed by atoms with Crippen LogP contribution in [-0.2, 0) is 7.05 Å². The molecule has 0 radical (unpaired) electrons. The van der Waals surface area contributed by atoms with E-state index < -0.39 is 23.0 Å². The SMILES string of the molecule is C[C@H](O)c1cccc(F)c1Sc1nc(=O)c(=O)[nH]n1C. The molecule has 0 aliphatic rings. The molecule has 2 aromatic rings. The van der Waals surface area contributed by atoms with E-state index in [0.717, 1.165) is 11.8 Å². The molecule has 1 aromatic heterocycles. The standard InChI is InChI=1S/C12H12FN3O3S/c1-6(17)7-4-3-5-8(13)9(7)20-12-14-10(18)11(19)15-16(12)2/h3-6,17H,1-2H3,(H,15,19)/t6-/m0/s1. The summed E-state index contributed by atoms with van der Waals surface area (Å²) >= 11 is 0.865. The Bertz CT molecular complexity index is 754. The van der Waals surface area contributed by atoms with Crippen LogP contribution in [0.25, 0.3) is 0 Å². The molecule has 20 heavy (non-hydrogen) atoms. The Balaban J connectivity index is 2.53. The van der Waals surface area contributed by atoms with Crippen LogP contribution in [0.4, 0.5) is 4.39 Å². The van der Waals surface area contributed by atoms with Crippen LogP contribution < -0.4 is 11.1 Å². The maximum atomic E-state index is 13.9. The van der Waals surface area contributed by atoms with E-state index in [1.807, 2.05) is 0 Å². The number of aromatic amines is 1. The first-order chi connectivity index (χ1) is 9.40. The van der Waals surface area contributed by atoms with Crippen LogP contribution in [0, 0.1) is 5.82 Å². The number of rotatable bonds is 3. The van der Waals surface area contributed by atoms with E-state index >= 15 is 0 Å². The molecule has 0 bridgehead atoms. The molecule has 0 aliphatic carbocycles. The zero-order valence-corrected chi connectivity index (χ0v) is 11.6. The maximum absolute atomic E-state index is 13.9. The number of aromatic nitrogens is 3. The van der Waals surface area contributed by atoms with E-state index in [2.05, 4.69) is 10.1 Å². The highest BCUT2D eigenvalue weighted by molar-refractivity contribution is 7.99. The lowest BCUT2D eigenvalue weighted by atomic mass is 10.1. The minimum Gasteiger partial charge on any atom is -0.389 e. The van der Waals surface area contributed by atoms with Crippen molar-refractivity contribution in [1.82, 2.24) is 14.8 Å². The van der Waals surface area contributed by atoms with Gasteiger partial charge < -0.3 is 5.11 Å². The summed E-state index contributed by atoms with van der Waals surface area (Å²) in [5, 5.41) is 12.1. The number of aryl methyl sites for hydroxylation is 1. The number of aliphatic hydroxyl groups excluding tert-OH is 1. The molecule has 0 saturated heterocycles. The van der Waals surface area contributed by atoms with Gasteiger partial charge in [-0.25, -0.2) is 4.39 Å². The van der Waals surface area contributed by atoms with Gasteiger partial charge in [0.2, 0.25) is 0 Å². The van der Waals surface area contributed by atoms with E-state index in [1.54, 1.807) is 6.07 Å². The van der Waals surface area contributed by atoms with E-state index in [0.29, 0.717) is 5.56 Å². The summed E-state index contributed by atoms with van der Waals surface area (Å²) < 4.78 is 15.1. The molecule has 0 amide bonds. The summed E-state index contributed by atoms with van der Waals surface area (Å²) in [7, 11) is 1.49. The van der Waals surface area contributed by atoms with Gasteiger partial charge in [-0.3, -0.25) is 19.4 Å². The summed E-state index contributed by atoms with van der Waals surface area (Å²) in [6, 6.07) is 4.32. The molecule has 1 heterocycles. The third-order valence-corrected chi connectivity index (χ3v) is 3.77. The van der Waals surface area contributed by atoms with Crippen molar-refractivity contribution in [3.8, 4) is 0 Å². The first-order valence-corrected chi connectivity index (χ1v) is 6.53. The van der Waals surface area contributed by atoms with Crippen LogP contribution in [-0.4, -0.2) is 19.9 Å². The normalized spacial score (nSPS) is 12.4. The molecule has 1 aromatic carbocycles. The van der Waals surface area contributed by atoms with Gasteiger partial charge in [-0.05, 0) is 30.3 Å². The van der Waals surface area contributed by atoms with E-state index in [-0.39, 0.29) is 10.1 Å². The van der Waals surface area contributed by atoms with Crippen molar-refractivity contribution in [2.24, 2.45) is 7.05 Å². The minimum atomic E-state index is -0.944. The van der Waals surface area contributed by atoms with Crippen molar-refractivity contribution in [2.75, 3.05) is 0 Å². The number of nitrogens with one attached hydrogen (secondary N) is 1. The zero-order valence-electron chi connectivity index (χ0n) is 10.8. The van der Waals surface area contributed by atoms with Crippen LogP contribution in [0.5, 0.6) is 0 Å². The second-order valence-corrected chi connectivity index (χ2v) is 5.11. The largest absolute Gasteiger partial charge is 0.389 e. The predicted octanol–water partition coefficient (Wildman–Crippen LogP) is 0.812. The van der Waals surface area contributed by atoms with Crippen molar-refractivity contribution in [2.45, 2.75) is 23.1 Å². The Morgan fingerprint density at radius 3 is 2.80 bits per heavy atom. The van der Waals surface area contributed by atoms with Gasteiger partial charge in [-0.2, -0.15) is 4.98 Å². The molecule has 0 spiro atoms.